The topological polar surface area (TPSA) is 61.3 Å². The van der Waals surface area contributed by atoms with Crippen LogP contribution in [0.15, 0.2) is 6.20 Å². The van der Waals surface area contributed by atoms with Gasteiger partial charge in [-0.1, -0.05) is 18.5 Å². The summed E-state index contributed by atoms with van der Waals surface area (Å²) in [5.41, 5.74) is 0. The summed E-state index contributed by atoms with van der Waals surface area (Å²) >= 11 is 5.98. The van der Waals surface area contributed by atoms with Crippen LogP contribution >= 0.6 is 11.6 Å². The SMILES string of the molecule is CCCNc1ncc(Cl)c(N(C)CCO)n1. The van der Waals surface area contributed by atoms with Crippen molar-refractivity contribution in [3.8, 4) is 0 Å². The van der Waals surface area contributed by atoms with Gasteiger partial charge in [0.2, 0.25) is 5.95 Å². The van der Waals surface area contributed by atoms with Crippen LogP contribution in [-0.4, -0.2) is 41.8 Å². The van der Waals surface area contributed by atoms with Crippen molar-refractivity contribution in [2.24, 2.45) is 0 Å². The summed E-state index contributed by atoms with van der Waals surface area (Å²) in [5, 5.41) is 12.4. The van der Waals surface area contributed by atoms with Gasteiger partial charge in [0.05, 0.1) is 12.8 Å². The summed E-state index contributed by atoms with van der Waals surface area (Å²) in [7, 11) is 1.83. The number of anilines is 2. The number of aliphatic hydroxyl groups is 1. The second kappa shape index (κ2) is 6.50. The molecule has 0 aromatic carbocycles. The van der Waals surface area contributed by atoms with Gasteiger partial charge in [-0.3, -0.25) is 0 Å². The van der Waals surface area contributed by atoms with Crippen LogP contribution in [0.5, 0.6) is 0 Å². The minimum Gasteiger partial charge on any atom is -0.395 e. The van der Waals surface area contributed by atoms with Gasteiger partial charge in [0, 0.05) is 20.1 Å². The molecule has 1 aromatic rings. The molecular weight excluding hydrogens is 228 g/mol. The summed E-state index contributed by atoms with van der Waals surface area (Å²) in [6.07, 6.45) is 2.57. The fourth-order valence-corrected chi connectivity index (χ4v) is 1.44. The number of nitrogens with one attached hydrogen (secondary N) is 1. The predicted octanol–water partition coefficient (Wildman–Crippen LogP) is 1.38. The summed E-state index contributed by atoms with van der Waals surface area (Å²) in [6.45, 7) is 3.45. The van der Waals surface area contributed by atoms with E-state index in [4.69, 9.17) is 16.7 Å². The first kappa shape index (κ1) is 13.0. The zero-order valence-electron chi connectivity index (χ0n) is 9.57. The first-order valence-corrected chi connectivity index (χ1v) is 5.65. The molecule has 0 saturated heterocycles. The summed E-state index contributed by atoms with van der Waals surface area (Å²) in [4.78, 5) is 10.2. The number of hydrogen-bond acceptors (Lipinski definition) is 5. The highest BCUT2D eigenvalue weighted by molar-refractivity contribution is 6.32. The molecule has 0 fully saturated rings. The van der Waals surface area contributed by atoms with Crippen molar-refractivity contribution in [2.75, 3.05) is 37.0 Å². The second-order valence-corrected chi connectivity index (χ2v) is 3.84. The van der Waals surface area contributed by atoms with Crippen LogP contribution in [0.25, 0.3) is 0 Å². The van der Waals surface area contributed by atoms with Crippen molar-refractivity contribution in [1.82, 2.24) is 9.97 Å². The number of nitrogens with zero attached hydrogens (tertiary/aromatic N) is 3. The third-order valence-electron chi connectivity index (χ3n) is 2.06. The Bertz CT molecular complexity index is 335. The highest BCUT2D eigenvalue weighted by Crippen LogP contribution is 2.22. The molecule has 6 heteroatoms. The Morgan fingerprint density at radius 1 is 1.56 bits per heavy atom. The van der Waals surface area contributed by atoms with E-state index >= 15 is 0 Å². The van der Waals surface area contributed by atoms with Gasteiger partial charge in [-0.15, -0.1) is 0 Å². The Hall–Kier alpha value is -1.07. The van der Waals surface area contributed by atoms with E-state index in [1.165, 1.54) is 0 Å². The number of aromatic nitrogens is 2. The zero-order valence-corrected chi connectivity index (χ0v) is 10.3. The van der Waals surface area contributed by atoms with Crippen LogP contribution in [0.4, 0.5) is 11.8 Å². The molecule has 1 aromatic heterocycles. The minimum absolute atomic E-state index is 0.0640. The van der Waals surface area contributed by atoms with Gasteiger partial charge in [-0.25, -0.2) is 4.98 Å². The maximum Gasteiger partial charge on any atom is 0.224 e. The maximum atomic E-state index is 8.86. The van der Waals surface area contributed by atoms with Crippen molar-refractivity contribution in [3.05, 3.63) is 11.2 Å². The largest absolute Gasteiger partial charge is 0.395 e. The van der Waals surface area contributed by atoms with Crippen LogP contribution in [0.1, 0.15) is 13.3 Å². The monoisotopic (exact) mass is 244 g/mol. The Balaban J connectivity index is 2.81. The summed E-state index contributed by atoms with van der Waals surface area (Å²) < 4.78 is 0. The van der Waals surface area contributed by atoms with Crippen molar-refractivity contribution < 1.29 is 5.11 Å². The predicted molar refractivity (Wildman–Crippen MR) is 66.2 cm³/mol. The fourth-order valence-electron chi connectivity index (χ4n) is 1.20. The molecule has 0 spiro atoms. The molecule has 16 heavy (non-hydrogen) atoms. The lowest BCUT2D eigenvalue weighted by Gasteiger charge is -2.18. The molecule has 2 N–H and O–H groups in total. The van der Waals surface area contributed by atoms with Crippen LogP contribution < -0.4 is 10.2 Å². The first-order valence-electron chi connectivity index (χ1n) is 5.27. The van der Waals surface area contributed by atoms with Crippen LogP contribution in [0, 0.1) is 0 Å². The maximum absolute atomic E-state index is 8.86. The molecule has 0 saturated carbocycles. The van der Waals surface area contributed by atoms with Gasteiger partial charge >= 0.3 is 0 Å². The van der Waals surface area contributed by atoms with Crippen LogP contribution in [-0.2, 0) is 0 Å². The highest BCUT2D eigenvalue weighted by Gasteiger charge is 2.09. The first-order chi connectivity index (χ1) is 7.69. The Kier molecular flexibility index (Phi) is 5.28. The minimum atomic E-state index is 0.0640. The number of hydrogen-bond donors (Lipinski definition) is 2. The quantitative estimate of drug-likeness (QED) is 0.792. The van der Waals surface area contributed by atoms with Crippen LogP contribution in [0.2, 0.25) is 5.02 Å². The molecular formula is C10H17ClN4O. The lowest BCUT2D eigenvalue weighted by molar-refractivity contribution is 0.304. The van der Waals surface area contributed by atoms with E-state index in [1.54, 1.807) is 11.1 Å². The zero-order chi connectivity index (χ0) is 12.0. The number of likely N-dealkylation sites (N-methyl/N-ethyl adjacent to an activating group) is 1. The fraction of sp³-hybridized carbons (Fsp3) is 0.600. The smallest absolute Gasteiger partial charge is 0.224 e. The van der Waals surface area contributed by atoms with Gasteiger partial charge in [-0.2, -0.15) is 4.98 Å². The van der Waals surface area contributed by atoms with Gasteiger partial charge in [0.1, 0.15) is 5.02 Å². The molecule has 0 unspecified atom stereocenters. The normalized spacial score (nSPS) is 10.2. The number of rotatable bonds is 6. The molecule has 1 heterocycles. The molecule has 0 atom stereocenters. The molecule has 0 aliphatic carbocycles. The highest BCUT2D eigenvalue weighted by atomic mass is 35.5. The van der Waals surface area contributed by atoms with Crippen LogP contribution in [0.3, 0.4) is 0 Å². The third kappa shape index (κ3) is 3.50. The molecule has 0 aliphatic rings. The van der Waals surface area contributed by atoms with Gasteiger partial charge in [0.25, 0.3) is 0 Å². The van der Waals surface area contributed by atoms with E-state index in [-0.39, 0.29) is 6.61 Å². The standard InChI is InChI=1S/C10H17ClN4O/c1-3-4-12-10-13-7-8(11)9(14-10)15(2)5-6-16/h7,16H,3-6H2,1-2H3,(H,12,13,14). The molecule has 0 radical (unpaired) electrons. The lowest BCUT2D eigenvalue weighted by atomic mass is 10.4. The van der Waals surface area contributed by atoms with E-state index in [0.717, 1.165) is 13.0 Å². The van der Waals surface area contributed by atoms with Crippen molar-refractivity contribution in [1.29, 1.82) is 0 Å². The van der Waals surface area contributed by atoms with E-state index in [2.05, 4.69) is 22.2 Å². The molecule has 0 aliphatic heterocycles. The molecule has 0 amide bonds. The van der Waals surface area contributed by atoms with E-state index in [1.807, 2.05) is 7.05 Å². The van der Waals surface area contributed by atoms with Gasteiger partial charge < -0.3 is 15.3 Å². The average Bonchev–Trinajstić information content (AvgIpc) is 2.28. The molecule has 5 nitrogen and oxygen atoms in total. The van der Waals surface area contributed by atoms with Gasteiger partial charge in [0.15, 0.2) is 5.82 Å². The average molecular weight is 245 g/mol. The van der Waals surface area contributed by atoms with Crippen molar-refractivity contribution in [2.45, 2.75) is 13.3 Å². The molecule has 1 rings (SSSR count). The van der Waals surface area contributed by atoms with E-state index in [9.17, 15) is 0 Å². The third-order valence-corrected chi connectivity index (χ3v) is 2.32. The van der Waals surface area contributed by atoms with E-state index in [0.29, 0.717) is 23.3 Å². The lowest BCUT2D eigenvalue weighted by Crippen LogP contribution is -2.23. The molecule has 90 valence electrons. The second-order valence-electron chi connectivity index (χ2n) is 3.44. The Morgan fingerprint density at radius 2 is 2.31 bits per heavy atom. The summed E-state index contributed by atoms with van der Waals surface area (Å²) in [6, 6.07) is 0. The number of halogens is 1. The van der Waals surface area contributed by atoms with Gasteiger partial charge in [-0.05, 0) is 6.42 Å². The van der Waals surface area contributed by atoms with E-state index < -0.39 is 0 Å². The molecule has 0 bridgehead atoms. The number of aliphatic hydroxyl groups excluding tert-OH is 1. The Morgan fingerprint density at radius 3 is 2.94 bits per heavy atom. The van der Waals surface area contributed by atoms with Crippen molar-refractivity contribution >= 4 is 23.4 Å². The summed E-state index contributed by atoms with van der Waals surface area (Å²) in [5.74, 6) is 1.19. The van der Waals surface area contributed by atoms with Crippen molar-refractivity contribution in [3.63, 3.8) is 0 Å². The Labute approximate surface area is 100 Å².